The number of benzene rings is 1. The molecule has 6 heteroatoms. The molecule has 1 aromatic rings. The lowest BCUT2D eigenvalue weighted by Gasteiger charge is -2.26. The Morgan fingerprint density at radius 2 is 1.84 bits per heavy atom. The van der Waals surface area contributed by atoms with Gasteiger partial charge in [-0.25, -0.2) is 0 Å². The van der Waals surface area contributed by atoms with Crippen molar-refractivity contribution in [2.24, 2.45) is 11.8 Å². The summed E-state index contributed by atoms with van der Waals surface area (Å²) >= 11 is 12.0. The third kappa shape index (κ3) is 5.89. The van der Waals surface area contributed by atoms with E-state index in [1.807, 2.05) is 13.8 Å². The van der Waals surface area contributed by atoms with E-state index in [1.54, 1.807) is 18.2 Å². The zero-order valence-electron chi connectivity index (χ0n) is 14.8. The summed E-state index contributed by atoms with van der Waals surface area (Å²) in [5, 5.41) is 6.88. The first-order valence-corrected chi connectivity index (χ1v) is 9.66. The van der Waals surface area contributed by atoms with Gasteiger partial charge in [-0.1, -0.05) is 62.4 Å². The fourth-order valence-corrected chi connectivity index (χ4v) is 3.60. The van der Waals surface area contributed by atoms with E-state index in [1.165, 1.54) is 6.42 Å². The highest BCUT2D eigenvalue weighted by Gasteiger charge is 2.28. The highest BCUT2D eigenvalue weighted by atomic mass is 35.5. The van der Waals surface area contributed by atoms with Crippen LogP contribution >= 0.6 is 23.2 Å². The Bertz CT molecular complexity index is 613. The number of hydrogen-bond donors (Lipinski definition) is 2. The van der Waals surface area contributed by atoms with Crippen molar-refractivity contribution >= 4 is 35.0 Å². The molecule has 0 radical (unpaired) electrons. The minimum atomic E-state index is -0.541. The first-order valence-electron chi connectivity index (χ1n) is 8.90. The summed E-state index contributed by atoms with van der Waals surface area (Å²) in [6.07, 6.45) is 5.20. The molecule has 0 aliphatic heterocycles. The molecule has 1 fully saturated rings. The summed E-state index contributed by atoms with van der Waals surface area (Å²) in [6, 6.07) is 4.63. The van der Waals surface area contributed by atoms with E-state index in [4.69, 9.17) is 23.2 Å². The third-order valence-corrected chi connectivity index (χ3v) is 5.28. The molecule has 1 unspecified atom stereocenters. The van der Waals surface area contributed by atoms with Crippen molar-refractivity contribution in [1.82, 2.24) is 10.6 Å². The van der Waals surface area contributed by atoms with Crippen molar-refractivity contribution in [3.63, 3.8) is 0 Å². The number of hydrogen-bond acceptors (Lipinski definition) is 2. The maximum absolute atomic E-state index is 12.6. The van der Waals surface area contributed by atoms with Gasteiger partial charge in [-0.2, -0.15) is 0 Å². The van der Waals surface area contributed by atoms with E-state index < -0.39 is 6.04 Å². The first-order chi connectivity index (χ1) is 11.9. The van der Waals surface area contributed by atoms with Crippen LogP contribution in [0, 0.1) is 11.8 Å². The van der Waals surface area contributed by atoms with Crippen molar-refractivity contribution in [2.75, 3.05) is 0 Å². The molecule has 0 saturated heterocycles. The molecule has 25 heavy (non-hydrogen) atoms. The maximum Gasteiger partial charge on any atom is 0.243 e. The lowest BCUT2D eigenvalue weighted by molar-refractivity contribution is -0.132. The van der Waals surface area contributed by atoms with Gasteiger partial charge in [-0.3, -0.25) is 9.59 Å². The number of carbonyl (C=O) groups excluding carboxylic acids is 2. The van der Waals surface area contributed by atoms with Crippen molar-refractivity contribution in [3.8, 4) is 0 Å². The smallest absolute Gasteiger partial charge is 0.243 e. The van der Waals surface area contributed by atoms with Crippen LogP contribution < -0.4 is 10.6 Å². The standard InChI is InChI=1S/C19H26Cl2N2O2/c1-12(2)17(23-18(24)13-6-4-3-5-7-13)19(25)22-11-14-8-9-15(20)10-16(14)21/h8-10,12-13,17H,3-7,11H2,1-2H3,(H,22,25)(H,23,24). The molecular weight excluding hydrogens is 359 g/mol. The number of nitrogens with one attached hydrogen (secondary N) is 2. The van der Waals surface area contributed by atoms with Crippen LogP contribution in [0.15, 0.2) is 18.2 Å². The summed E-state index contributed by atoms with van der Waals surface area (Å²) in [4.78, 5) is 25.0. The van der Waals surface area contributed by atoms with Crippen molar-refractivity contribution in [1.29, 1.82) is 0 Å². The topological polar surface area (TPSA) is 58.2 Å². The SMILES string of the molecule is CC(C)C(NC(=O)C1CCCCC1)C(=O)NCc1ccc(Cl)cc1Cl. The van der Waals surface area contributed by atoms with Gasteiger partial charge >= 0.3 is 0 Å². The Hall–Kier alpha value is -1.26. The molecule has 1 atom stereocenters. The molecule has 0 bridgehead atoms. The van der Waals surface area contributed by atoms with Gasteiger partial charge < -0.3 is 10.6 Å². The lowest BCUT2D eigenvalue weighted by atomic mass is 9.88. The van der Waals surface area contributed by atoms with E-state index in [0.29, 0.717) is 16.6 Å². The monoisotopic (exact) mass is 384 g/mol. The third-order valence-electron chi connectivity index (χ3n) is 4.69. The summed E-state index contributed by atoms with van der Waals surface area (Å²) in [7, 11) is 0. The molecule has 2 N–H and O–H groups in total. The van der Waals surface area contributed by atoms with Crippen LogP contribution in [0.4, 0.5) is 0 Å². The Labute approximate surface area is 159 Å². The predicted molar refractivity (Wildman–Crippen MR) is 102 cm³/mol. The summed E-state index contributed by atoms with van der Waals surface area (Å²) in [5.74, 6) is -0.148. The van der Waals surface area contributed by atoms with Gasteiger partial charge in [0.1, 0.15) is 6.04 Å². The van der Waals surface area contributed by atoms with Crippen LogP contribution in [0.1, 0.15) is 51.5 Å². The minimum Gasteiger partial charge on any atom is -0.350 e. The fraction of sp³-hybridized carbons (Fsp3) is 0.579. The second kappa shape index (κ2) is 9.44. The Kier molecular flexibility index (Phi) is 7.57. The van der Waals surface area contributed by atoms with Crippen LogP contribution in [-0.4, -0.2) is 17.9 Å². The molecule has 2 amide bonds. The summed E-state index contributed by atoms with van der Waals surface area (Å²) in [5.41, 5.74) is 0.792. The second-order valence-corrected chi connectivity index (χ2v) is 7.86. The van der Waals surface area contributed by atoms with Gasteiger partial charge in [0.2, 0.25) is 11.8 Å². The first kappa shape index (κ1) is 20.1. The van der Waals surface area contributed by atoms with E-state index in [0.717, 1.165) is 31.2 Å². The van der Waals surface area contributed by atoms with Crippen LogP contribution in [0.3, 0.4) is 0 Å². The van der Waals surface area contributed by atoms with E-state index in [-0.39, 0.29) is 23.7 Å². The minimum absolute atomic E-state index is 0.00178. The van der Waals surface area contributed by atoms with Crippen molar-refractivity contribution in [3.05, 3.63) is 33.8 Å². The van der Waals surface area contributed by atoms with Gasteiger partial charge in [-0.05, 0) is 36.5 Å². The Balaban J connectivity index is 1.94. The predicted octanol–water partition coefficient (Wildman–Crippen LogP) is 4.33. The molecule has 1 aliphatic carbocycles. The zero-order valence-corrected chi connectivity index (χ0v) is 16.3. The average molecular weight is 385 g/mol. The maximum atomic E-state index is 12.6. The van der Waals surface area contributed by atoms with Gasteiger partial charge in [-0.15, -0.1) is 0 Å². The molecule has 4 nitrogen and oxygen atoms in total. The van der Waals surface area contributed by atoms with Crippen molar-refractivity contribution < 1.29 is 9.59 Å². The molecule has 0 aromatic heterocycles. The number of rotatable bonds is 6. The molecule has 1 aromatic carbocycles. The quantitative estimate of drug-likeness (QED) is 0.766. The summed E-state index contributed by atoms with van der Waals surface area (Å²) < 4.78 is 0. The van der Waals surface area contributed by atoms with Gasteiger partial charge in [0.15, 0.2) is 0 Å². The second-order valence-electron chi connectivity index (χ2n) is 7.02. The highest BCUT2D eigenvalue weighted by molar-refractivity contribution is 6.35. The Morgan fingerprint density at radius 1 is 1.16 bits per heavy atom. The molecule has 138 valence electrons. The van der Waals surface area contributed by atoms with Crippen LogP contribution in [0.2, 0.25) is 10.0 Å². The molecule has 2 rings (SSSR count). The molecule has 1 aliphatic rings. The number of halogens is 2. The van der Waals surface area contributed by atoms with Crippen LogP contribution in [0.5, 0.6) is 0 Å². The average Bonchev–Trinajstić information content (AvgIpc) is 2.59. The largest absolute Gasteiger partial charge is 0.350 e. The Morgan fingerprint density at radius 3 is 2.44 bits per heavy atom. The van der Waals surface area contributed by atoms with Gasteiger partial charge in [0.05, 0.1) is 0 Å². The normalized spacial score (nSPS) is 16.5. The van der Waals surface area contributed by atoms with Gasteiger partial charge in [0, 0.05) is 22.5 Å². The molecule has 0 heterocycles. The molecule has 0 spiro atoms. The fourth-order valence-electron chi connectivity index (χ4n) is 3.13. The van der Waals surface area contributed by atoms with E-state index in [2.05, 4.69) is 10.6 Å². The van der Waals surface area contributed by atoms with Crippen LogP contribution in [-0.2, 0) is 16.1 Å². The molecular formula is C19H26Cl2N2O2. The number of amides is 2. The van der Waals surface area contributed by atoms with E-state index in [9.17, 15) is 9.59 Å². The molecule has 1 saturated carbocycles. The summed E-state index contributed by atoms with van der Waals surface area (Å²) in [6.45, 7) is 4.17. The van der Waals surface area contributed by atoms with Gasteiger partial charge in [0.25, 0.3) is 0 Å². The zero-order chi connectivity index (χ0) is 18.4. The van der Waals surface area contributed by atoms with Crippen LogP contribution in [0.25, 0.3) is 0 Å². The lowest BCUT2D eigenvalue weighted by Crippen LogP contribution is -2.51. The van der Waals surface area contributed by atoms with E-state index >= 15 is 0 Å². The number of carbonyl (C=O) groups is 2. The van der Waals surface area contributed by atoms with Crippen molar-refractivity contribution in [2.45, 2.75) is 58.5 Å². The highest BCUT2D eigenvalue weighted by Crippen LogP contribution is 2.24.